The second-order valence-corrected chi connectivity index (χ2v) is 7.58. The number of nitrogens with zero attached hydrogens (tertiary/aromatic N) is 1. The molecule has 0 saturated carbocycles. The lowest BCUT2D eigenvalue weighted by molar-refractivity contribution is 0.0951. The van der Waals surface area contributed by atoms with E-state index in [1.165, 1.54) is 31.4 Å². The lowest BCUT2D eigenvalue weighted by Gasteiger charge is -2.10. The summed E-state index contributed by atoms with van der Waals surface area (Å²) in [5.41, 5.74) is 1.71. The highest BCUT2D eigenvalue weighted by Gasteiger charge is 2.15. The summed E-state index contributed by atoms with van der Waals surface area (Å²) < 4.78 is 32.5. The third-order valence-electron chi connectivity index (χ3n) is 3.97. The molecule has 144 valence electrons. The smallest absolute Gasteiger partial charge is 0.261 e. The van der Waals surface area contributed by atoms with E-state index in [9.17, 15) is 13.2 Å². The van der Waals surface area contributed by atoms with E-state index >= 15 is 0 Å². The van der Waals surface area contributed by atoms with Crippen LogP contribution in [0.15, 0.2) is 78.0 Å². The Labute approximate surface area is 163 Å². The summed E-state index contributed by atoms with van der Waals surface area (Å²) in [6.07, 6.45) is 3.30. The Morgan fingerprint density at radius 3 is 2.21 bits per heavy atom. The maximum Gasteiger partial charge on any atom is 0.261 e. The highest BCUT2D eigenvalue weighted by atomic mass is 32.2. The molecule has 1 amide bonds. The second kappa shape index (κ2) is 8.53. The minimum atomic E-state index is -3.76. The van der Waals surface area contributed by atoms with Gasteiger partial charge in [0.15, 0.2) is 0 Å². The third kappa shape index (κ3) is 4.86. The average molecular weight is 397 g/mol. The topological polar surface area (TPSA) is 97.4 Å². The van der Waals surface area contributed by atoms with Crippen molar-refractivity contribution in [1.29, 1.82) is 0 Å². The lowest BCUT2D eigenvalue weighted by Crippen LogP contribution is -2.23. The number of nitrogens with one attached hydrogen (secondary N) is 2. The second-order valence-electron chi connectivity index (χ2n) is 5.90. The number of pyridine rings is 1. The Morgan fingerprint density at radius 2 is 1.61 bits per heavy atom. The molecule has 1 heterocycles. The molecule has 2 N–H and O–H groups in total. The van der Waals surface area contributed by atoms with Gasteiger partial charge in [-0.15, -0.1) is 0 Å². The predicted molar refractivity (Wildman–Crippen MR) is 106 cm³/mol. The molecule has 3 rings (SSSR count). The number of ether oxygens (including phenoxy) is 1. The lowest BCUT2D eigenvalue weighted by atomic mass is 10.2. The van der Waals surface area contributed by atoms with Crippen molar-refractivity contribution in [2.75, 3.05) is 11.8 Å². The van der Waals surface area contributed by atoms with E-state index in [2.05, 4.69) is 15.0 Å². The molecular weight excluding hydrogens is 378 g/mol. The first kappa shape index (κ1) is 19.4. The number of sulfonamides is 1. The van der Waals surface area contributed by atoms with E-state index in [4.69, 9.17) is 4.74 Å². The molecule has 0 aliphatic carbocycles. The first-order valence-electron chi connectivity index (χ1n) is 8.42. The molecule has 0 aliphatic rings. The summed E-state index contributed by atoms with van der Waals surface area (Å²) >= 11 is 0. The molecule has 28 heavy (non-hydrogen) atoms. The van der Waals surface area contributed by atoms with E-state index in [-0.39, 0.29) is 10.8 Å². The maximum absolute atomic E-state index is 12.5. The first-order chi connectivity index (χ1) is 13.5. The fraction of sp³-hybridized carbons (Fsp3) is 0.100. The zero-order valence-electron chi connectivity index (χ0n) is 15.1. The molecule has 0 atom stereocenters. The van der Waals surface area contributed by atoms with Crippen LogP contribution < -0.4 is 14.8 Å². The molecule has 0 radical (unpaired) electrons. The molecule has 0 fully saturated rings. The van der Waals surface area contributed by atoms with E-state index < -0.39 is 10.0 Å². The van der Waals surface area contributed by atoms with Gasteiger partial charge in [0.05, 0.1) is 12.0 Å². The summed E-state index contributed by atoms with van der Waals surface area (Å²) in [4.78, 5) is 16.2. The SMILES string of the molecule is COc1ccc(NS(=O)(=O)c2ccc(C(=O)NCc3ccncc3)cc2)cc1. The van der Waals surface area contributed by atoms with Gasteiger partial charge in [0.2, 0.25) is 0 Å². The van der Waals surface area contributed by atoms with Crippen molar-refractivity contribution in [2.45, 2.75) is 11.4 Å². The minimum Gasteiger partial charge on any atom is -0.497 e. The number of carbonyl (C=O) groups is 1. The zero-order valence-corrected chi connectivity index (χ0v) is 15.9. The summed E-state index contributed by atoms with van der Waals surface area (Å²) in [6.45, 7) is 0.362. The minimum absolute atomic E-state index is 0.0639. The molecule has 7 nitrogen and oxygen atoms in total. The Kier molecular flexibility index (Phi) is 5.90. The Bertz CT molecular complexity index is 1040. The number of hydrogen-bond acceptors (Lipinski definition) is 5. The number of rotatable bonds is 7. The van der Waals surface area contributed by atoms with Crippen LogP contribution in [0.3, 0.4) is 0 Å². The molecular formula is C20H19N3O4S. The van der Waals surface area contributed by atoms with Crippen LogP contribution in [0.5, 0.6) is 5.75 Å². The van der Waals surface area contributed by atoms with Gasteiger partial charge in [-0.05, 0) is 66.2 Å². The van der Waals surface area contributed by atoms with Crippen LogP contribution in [0, 0.1) is 0 Å². The van der Waals surface area contributed by atoms with Gasteiger partial charge < -0.3 is 10.1 Å². The zero-order chi connectivity index (χ0) is 20.0. The Hall–Kier alpha value is -3.39. The van der Waals surface area contributed by atoms with Crippen molar-refractivity contribution in [3.8, 4) is 5.75 Å². The number of methoxy groups -OCH3 is 1. The van der Waals surface area contributed by atoms with Crippen molar-refractivity contribution in [3.63, 3.8) is 0 Å². The van der Waals surface area contributed by atoms with Gasteiger partial charge in [-0.3, -0.25) is 14.5 Å². The standard InChI is InChI=1S/C20H19N3O4S/c1-27-18-6-4-17(5-7-18)23-28(25,26)19-8-2-16(3-9-19)20(24)22-14-15-10-12-21-13-11-15/h2-13,23H,14H2,1H3,(H,22,24). The number of hydrogen-bond donors (Lipinski definition) is 2. The molecule has 0 unspecified atom stereocenters. The van der Waals surface area contributed by atoms with E-state index in [0.29, 0.717) is 23.5 Å². The third-order valence-corrected chi connectivity index (χ3v) is 5.37. The van der Waals surface area contributed by atoms with Crippen molar-refractivity contribution in [2.24, 2.45) is 0 Å². The number of anilines is 1. The van der Waals surface area contributed by atoms with Gasteiger partial charge in [-0.2, -0.15) is 0 Å². The molecule has 2 aromatic carbocycles. The largest absolute Gasteiger partial charge is 0.497 e. The molecule has 0 spiro atoms. The highest BCUT2D eigenvalue weighted by Crippen LogP contribution is 2.19. The molecule has 3 aromatic rings. The van der Waals surface area contributed by atoms with Crippen LogP contribution in [-0.2, 0) is 16.6 Å². The predicted octanol–water partition coefficient (Wildman–Crippen LogP) is 2.82. The van der Waals surface area contributed by atoms with Crippen LogP contribution in [0.25, 0.3) is 0 Å². The van der Waals surface area contributed by atoms with Crippen LogP contribution in [0.2, 0.25) is 0 Å². The van der Waals surface area contributed by atoms with Crippen molar-refractivity contribution >= 4 is 21.6 Å². The maximum atomic E-state index is 12.5. The fourth-order valence-electron chi connectivity index (χ4n) is 2.44. The monoisotopic (exact) mass is 397 g/mol. The summed E-state index contributed by atoms with van der Waals surface area (Å²) in [6, 6.07) is 15.9. The Morgan fingerprint density at radius 1 is 0.964 bits per heavy atom. The number of amides is 1. The van der Waals surface area contributed by atoms with E-state index in [0.717, 1.165) is 5.56 Å². The first-order valence-corrected chi connectivity index (χ1v) is 9.90. The molecule has 0 bridgehead atoms. The van der Waals surface area contributed by atoms with Gasteiger partial charge in [0.1, 0.15) is 5.75 Å². The normalized spacial score (nSPS) is 10.9. The van der Waals surface area contributed by atoms with Crippen molar-refractivity contribution in [1.82, 2.24) is 10.3 Å². The molecule has 8 heteroatoms. The average Bonchev–Trinajstić information content (AvgIpc) is 2.73. The van der Waals surface area contributed by atoms with Crippen LogP contribution in [0.4, 0.5) is 5.69 Å². The summed E-state index contributed by atoms with van der Waals surface area (Å²) in [7, 11) is -2.22. The summed E-state index contributed by atoms with van der Waals surface area (Å²) in [5.74, 6) is 0.342. The van der Waals surface area contributed by atoms with E-state index in [1.807, 2.05) is 0 Å². The molecule has 0 saturated heterocycles. The van der Waals surface area contributed by atoms with Gasteiger partial charge in [-0.25, -0.2) is 8.42 Å². The van der Waals surface area contributed by atoms with Crippen molar-refractivity contribution < 1.29 is 17.9 Å². The van der Waals surface area contributed by atoms with Gasteiger partial charge >= 0.3 is 0 Å². The van der Waals surface area contributed by atoms with Crippen molar-refractivity contribution in [3.05, 3.63) is 84.2 Å². The van der Waals surface area contributed by atoms with Gasteiger partial charge in [-0.1, -0.05) is 0 Å². The van der Waals surface area contributed by atoms with Gasteiger partial charge in [0.25, 0.3) is 15.9 Å². The number of benzene rings is 2. The number of aromatic nitrogens is 1. The molecule has 1 aromatic heterocycles. The van der Waals surface area contributed by atoms with E-state index in [1.54, 1.807) is 48.8 Å². The summed E-state index contributed by atoms with van der Waals surface area (Å²) in [5, 5.41) is 2.78. The van der Waals surface area contributed by atoms with Crippen LogP contribution >= 0.6 is 0 Å². The van der Waals surface area contributed by atoms with Gasteiger partial charge in [0, 0.05) is 30.2 Å². The molecule has 0 aliphatic heterocycles. The highest BCUT2D eigenvalue weighted by molar-refractivity contribution is 7.92. The fourth-order valence-corrected chi connectivity index (χ4v) is 3.50. The number of carbonyl (C=O) groups excluding carboxylic acids is 1. The quantitative estimate of drug-likeness (QED) is 0.639. The van der Waals surface area contributed by atoms with Crippen LogP contribution in [0.1, 0.15) is 15.9 Å². The van der Waals surface area contributed by atoms with Crippen LogP contribution in [-0.4, -0.2) is 26.4 Å². The Balaban J connectivity index is 1.65.